The number of benzene rings is 1. The van der Waals surface area contributed by atoms with Gasteiger partial charge in [0.05, 0.1) is 5.56 Å². The maximum atomic E-state index is 8.95. The molecule has 64 valence electrons. The quantitative estimate of drug-likeness (QED) is 0.723. The molecule has 1 aromatic carbocycles. The van der Waals surface area contributed by atoms with Gasteiger partial charge in [-0.05, 0) is 33.4 Å². The van der Waals surface area contributed by atoms with Crippen molar-refractivity contribution in [2.75, 3.05) is 0 Å². The van der Waals surface area contributed by atoms with E-state index in [2.05, 4.69) is 34.6 Å². The Hall–Kier alpha value is -0.500. The van der Waals surface area contributed by atoms with Crippen molar-refractivity contribution in [1.29, 1.82) is 5.26 Å². The highest BCUT2D eigenvalue weighted by Gasteiger charge is 2.09. The van der Waals surface area contributed by atoms with Crippen LogP contribution >= 0.6 is 39.9 Å². The SMILES string of the molecule is N#Cc1c(Br)c(S)cc2sccc12. The number of hydrogen-bond donors (Lipinski definition) is 1. The van der Waals surface area contributed by atoms with E-state index >= 15 is 0 Å². The fourth-order valence-electron chi connectivity index (χ4n) is 1.18. The molecule has 0 fully saturated rings. The van der Waals surface area contributed by atoms with Gasteiger partial charge in [-0.2, -0.15) is 5.26 Å². The van der Waals surface area contributed by atoms with E-state index in [1.54, 1.807) is 11.3 Å². The van der Waals surface area contributed by atoms with Gasteiger partial charge in [0.15, 0.2) is 0 Å². The predicted octanol–water partition coefficient (Wildman–Crippen LogP) is 3.82. The molecule has 1 aromatic heterocycles. The Labute approximate surface area is 93.5 Å². The Morgan fingerprint density at radius 1 is 1.54 bits per heavy atom. The lowest BCUT2D eigenvalue weighted by atomic mass is 10.1. The van der Waals surface area contributed by atoms with Gasteiger partial charge in [-0.1, -0.05) is 0 Å². The van der Waals surface area contributed by atoms with Crippen molar-refractivity contribution in [2.24, 2.45) is 0 Å². The maximum Gasteiger partial charge on any atom is 0.101 e. The highest BCUT2D eigenvalue weighted by Crippen LogP contribution is 2.34. The molecule has 0 atom stereocenters. The third-order valence-electron chi connectivity index (χ3n) is 1.79. The average molecular weight is 270 g/mol. The first-order valence-electron chi connectivity index (χ1n) is 3.53. The molecule has 4 heteroatoms. The molecule has 2 aromatic rings. The highest BCUT2D eigenvalue weighted by molar-refractivity contribution is 9.10. The summed E-state index contributed by atoms with van der Waals surface area (Å²) in [4.78, 5) is 0.812. The van der Waals surface area contributed by atoms with Crippen LogP contribution in [0.25, 0.3) is 10.1 Å². The molecule has 2 rings (SSSR count). The molecule has 1 nitrogen and oxygen atoms in total. The lowest BCUT2D eigenvalue weighted by Crippen LogP contribution is -1.80. The van der Waals surface area contributed by atoms with Crippen LogP contribution in [0.5, 0.6) is 0 Å². The minimum Gasteiger partial charge on any atom is -0.192 e. The monoisotopic (exact) mass is 269 g/mol. The topological polar surface area (TPSA) is 23.8 Å². The second-order valence-electron chi connectivity index (χ2n) is 2.53. The minimum absolute atomic E-state index is 0.670. The lowest BCUT2D eigenvalue weighted by molar-refractivity contribution is 1.41. The van der Waals surface area contributed by atoms with Crippen molar-refractivity contribution in [2.45, 2.75) is 4.90 Å². The van der Waals surface area contributed by atoms with E-state index in [-0.39, 0.29) is 0 Å². The van der Waals surface area contributed by atoms with Crippen LogP contribution in [0.3, 0.4) is 0 Å². The molecule has 13 heavy (non-hydrogen) atoms. The second kappa shape index (κ2) is 3.33. The lowest BCUT2D eigenvalue weighted by Gasteiger charge is -2.00. The smallest absolute Gasteiger partial charge is 0.101 e. The van der Waals surface area contributed by atoms with Crippen molar-refractivity contribution in [3.8, 4) is 6.07 Å². The number of hydrogen-bond acceptors (Lipinski definition) is 3. The molecule has 0 saturated carbocycles. The van der Waals surface area contributed by atoms with E-state index in [4.69, 9.17) is 5.26 Å². The van der Waals surface area contributed by atoms with E-state index in [9.17, 15) is 0 Å². The largest absolute Gasteiger partial charge is 0.192 e. The van der Waals surface area contributed by atoms with E-state index in [1.807, 2.05) is 17.5 Å². The summed E-state index contributed by atoms with van der Waals surface area (Å²) < 4.78 is 1.88. The maximum absolute atomic E-state index is 8.95. The Balaban J connectivity index is 2.98. The van der Waals surface area contributed by atoms with Crippen LogP contribution in [0, 0.1) is 11.3 Å². The Kier molecular flexibility index (Phi) is 2.33. The molecule has 1 heterocycles. The van der Waals surface area contributed by atoms with Crippen LogP contribution in [0.2, 0.25) is 0 Å². The Morgan fingerprint density at radius 2 is 2.31 bits per heavy atom. The molecule has 0 unspecified atom stereocenters. The van der Waals surface area contributed by atoms with Crippen LogP contribution in [0.4, 0.5) is 0 Å². The molecular formula is C9H4BrNS2. The number of fused-ring (bicyclic) bond motifs is 1. The van der Waals surface area contributed by atoms with Gasteiger partial charge in [-0.25, -0.2) is 0 Å². The standard InChI is InChI=1S/C9H4BrNS2/c10-9-6(4-11)5-1-2-13-8(5)3-7(9)12/h1-3,12H. The molecule has 0 saturated heterocycles. The zero-order valence-electron chi connectivity index (χ0n) is 6.41. The number of thiol groups is 1. The predicted molar refractivity (Wildman–Crippen MR) is 61.5 cm³/mol. The van der Waals surface area contributed by atoms with E-state index in [0.717, 1.165) is 19.5 Å². The van der Waals surface area contributed by atoms with Gasteiger partial charge in [-0.3, -0.25) is 0 Å². The van der Waals surface area contributed by atoms with Gasteiger partial charge in [0.2, 0.25) is 0 Å². The molecule has 0 spiro atoms. The van der Waals surface area contributed by atoms with E-state index in [1.165, 1.54) is 0 Å². The molecule has 0 aliphatic rings. The zero-order chi connectivity index (χ0) is 9.42. The number of nitrogens with zero attached hydrogens (tertiary/aromatic N) is 1. The van der Waals surface area contributed by atoms with Crippen LogP contribution in [-0.4, -0.2) is 0 Å². The Bertz CT molecular complexity index is 510. The van der Waals surface area contributed by atoms with Crippen molar-refractivity contribution in [3.63, 3.8) is 0 Å². The van der Waals surface area contributed by atoms with E-state index < -0.39 is 0 Å². The summed E-state index contributed by atoms with van der Waals surface area (Å²) in [5.74, 6) is 0. The molecular weight excluding hydrogens is 266 g/mol. The molecule has 0 N–H and O–H groups in total. The molecule has 0 aliphatic heterocycles. The third-order valence-corrected chi connectivity index (χ3v) is 4.14. The van der Waals surface area contributed by atoms with E-state index in [0.29, 0.717) is 5.56 Å². The van der Waals surface area contributed by atoms with Gasteiger partial charge in [0.25, 0.3) is 0 Å². The van der Waals surface area contributed by atoms with Crippen molar-refractivity contribution in [3.05, 3.63) is 27.5 Å². The normalized spacial score (nSPS) is 10.2. The van der Waals surface area contributed by atoms with Crippen molar-refractivity contribution >= 4 is 50.0 Å². The summed E-state index contributed by atoms with van der Waals surface area (Å²) in [6.07, 6.45) is 0. The van der Waals surface area contributed by atoms with Crippen LogP contribution in [0.15, 0.2) is 26.9 Å². The fourth-order valence-corrected chi connectivity index (χ4v) is 2.76. The number of nitriles is 1. The van der Waals surface area contributed by atoms with Gasteiger partial charge in [0.1, 0.15) is 6.07 Å². The highest BCUT2D eigenvalue weighted by atomic mass is 79.9. The second-order valence-corrected chi connectivity index (χ2v) is 4.75. The molecule has 0 radical (unpaired) electrons. The van der Waals surface area contributed by atoms with Crippen LogP contribution < -0.4 is 0 Å². The van der Waals surface area contributed by atoms with Crippen molar-refractivity contribution in [1.82, 2.24) is 0 Å². The number of thiophene rings is 1. The summed E-state index contributed by atoms with van der Waals surface area (Å²) in [6, 6.07) is 6.10. The Morgan fingerprint density at radius 3 is 3.00 bits per heavy atom. The summed E-state index contributed by atoms with van der Waals surface area (Å²) in [7, 11) is 0. The summed E-state index contributed by atoms with van der Waals surface area (Å²) in [5, 5.41) is 11.9. The zero-order valence-corrected chi connectivity index (χ0v) is 9.71. The molecule has 0 aliphatic carbocycles. The van der Waals surface area contributed by atoms with Gasteiger partial charge in [0, 0.05) is 19.5 Å². The van der Waals surface area contributed by atoms with Crippen molar-refractivity contribution < 1.29 is 0 Å². The van der Waals surface area contributed by atoms with Crippen LogP contribution in [-0.2, 0) is 0 Å². The van der Waals surface area contributed by atoms with Gasteiger partial charge >= 0.3 is 0 Å². The summed E-state index contributed by atoms with van der Waals surface area (Å²) in [5.41, 5.74) is 0.670. The number of rotatable bonds is 0. The fraction of sp³-hybridized carbons (Fsp3) is 0. The minimum atomic E-state index is 0.670. The molecule has 0 amide bonds. The number of halogens is 1. The van der Waals surface area contributed by atoms with Gasteiger partial charge < -0.3 is 0 Å². The first-order chi connectivity index (χ1) is 6.24. The summed E-state index contributed by atoms with van der Waals surface area (Å²) in [6.45, 7) is 0. The first kappa shape index (κ1) is 9.07. The van der Waals surface area contributed by atoms with Crippen LogP contribution in [0.1, 0.15) is 5.56 Å². The average Bonchev–Trinajstić information content (AvgIpc) is 2.54. The van der Waals surface area contributed by atoms with Gasteiger partial charge in [-0.15, -0.1) is 24.0 Å². The first-order valence-corrected chi connectivity index (χ1v) is 5.65. The third kappa shape index (κ3) is 1.37. The molecule has 0 bridgehead atoms. The summed E-state index contributed by atoms with van der Waals surface area (Å²) >= 11 is 9.25.